The molecule has 0 aromatic rings. The number of aliphatic carboxylic acids is 1. The lowest BCUT2D eigenvalue weighted by molar-refractivity contribution is -0.139. The third-order valence-electron chi connectivity index (χ3n) is 0.944. The van der Waals surface area contributed by atoms with Crippen molar-refractivity contribution in [3.05, 3.63) is 25.3 Å². The van der Waals surface area contributed by atoms with Gasteiger partial charge in [-0.25, -0.2) is 0 Å². The summed E-state index contributed by atoms with van der Waals surface area (Å²) >= 11 is 0. The zero-order valence-electron chi connectivity index (χ0n) is 6.99. The van der Waals surface area contributed by atoms with Crippen molar-refractivity contribution in [1.82, 2.24) is 0 Å². The summed E-state index contributed by atoms with van der Waals surface area (Å²) in [5.41, 5.74) is 4.53. The molecule has 68 valence electrons. The molecule has 1 unspecified atom stereocenters. The van der Waals surface area contributed by atoms with Gasteiger partial charge in [0.05, 0.1) is 5.92 Å². The Morgan fingerprint density at radius 1 is 1.50 bits per heavy atom. The zero-order valence-corrected chi connectivity index (χ0v) is 6.99. The van der Waals surface area contributed by atoms with Gasteiger partial charge < -0.3 is 10.8 Å². The molecule has 0 saturated carbocycles. The van der Waals surface area contributed by atoms with Gasteiger partial charge in [0.2, 0.25) is 5.91 Å². The van der Waals surface area contributed by atoms with Crippen LogP contribution in [0.25, 0.3) is 0 Å². The van der Waals surface area contributed by atoms with Gasteiger partial charge in [0.25, 0.3) is 0 Å². The molecule has 0 bridgehead atoms. The standard InChI is InChI=1S/C5H8O2.C3H5NO/c1-3-4(2)5(6)7;1-2-3(4)5/h3-4H,1H2,2H3,(H,6,7);2H,1H2,(H2,4,5). The summed E-state index contributed by atoms with van der Waals surface area (Å²) < 4.78 is 0. The van der Waals surface area contributed by atoms with E-state index in [1.807, 2.05) is 0 Å². The second-order valence-corrected chi connectivity index (χ2v) is 1.97. The molecule has 0 aromatic carbocycles. The van der Waals surface area contributed by atoms with Gasteiger partial charge in [-0.1, -0.05) is 12.7 Å². The number of primary amides is 1. The van der Waals surface area contributed by atoms with E-state index in [1.54, 1.807) is 6.92 Å². The Balaban J connectivity index is 0. The predicted octanol–water partition coefficient (Wildman–Crippen LogP) is 0.551. The summed E-state index contributed by atoms with van der Waals surface area (Å²) in [5, 5.41) is 8.11. The van der Waals surface area contributed by atoms with Gasteiger partial charge in [0, 0.05) is 0 Å². The topological polar surface area (TPSA) is 80.4 Å². The normalized spacial score (nSPS) is 10.1. The summed E-state index contributed by atoms with van der Waals surface area (Å²) in [6.45, 7) is 7.97. The fourth-order valence-corrected chi connectivity index (χ4v) is 0.101. The lowest BCUT2D eigenvalue weighted by Crippen LogP contribution is -2.04. The number of carboxylic acids is 1. The largest absolute Gasteiger partial charge is 0.481 e. The Morgan fingerprint density at radius 3 is 1.83 bits per heavy atom. The van der Waals surface area contributed by atoms with E-state index >= 15 is 0 Å². The van der Waals surface area contributed by atoms with Gasteiger partial charge in [0.1, 0.15) is 0 Å². The van der Waals surface area contributed by atoms with Gasteiger partial charge in [-0.3, -0.25) is 9.59 Å². The minimum atomic E-state index is -0.824. The molecule has 1 amide bonds. The van der Waals surface area contributed by atoms with E-state index in [9.17, 15) is 9.59 Å². The van der Waals surface area contributed by atoms with Crippen LogP contribution < -0.4 is 5.73 Å². The van der Waals surface area contributed by atoms with Crippen molar-refractivity contribution in [2.45, 2.75) is 6.92 Å². The molecule has 0 aromatic heterocycles. The Hall–Kier alpha value is -1.58. The molecular weight excluding hydrogens is 158 g/mol. The number of hydrogen-bond acceptors (Lipinski definition) is 2. The number of hydrogen-bond donors (Lipinski definition) is 2. The first-order valence-corrected chi connectivity index (χ1v) is 3.23. The van der Waals surface area contributed by atoms with Crippen molar-refractivity contribution < 1.29 is 14.7 Å². The van der Waals surface area contributed by atoms with E-state index in [4.69, 9.17) is 5.11 Å². The third-order valence-corrected chi connectivity index (χ3v) is 0.944. The summed E-state index contributed by atoms with van der Waals surface area (Å²) in [4.78, 5) is 19.3. The Morgan fingerprint density at radius 2 is 1.83 bits per heavy atom. The summed E-state index contributed by atoms with van der Waals surface area (Å²) in [6, 6.07) is 0. The number of rotatable bonds is 3. The van der Waals surface area contributed by atoms with Crippen LogP contribution in [0.3, 0.4) is 0 Å². The highest BCUT2D eigenvalue weighted by atomic mass is 16.4. The van der Waals surface area contributed by atoms with E-state index in [1.165, 1.54) is 6.08 Å². The molecule has 1 atom stereocenters. The maximum Gasteiger partial charge on any atom is 0.310 e. The second-order valence-electron chi connectivity index (χ2n) is 1.97. The number of amides is 1. The minimum Gasteiger partial charge on any atom is -0.481 e. The van der Waals surface area contributed by atoms with Crippen molar-refractivity contribution in [2.75, 3.05) is 0 Å². The van der Waals surface area contributed by atoms with E-state index in [0.717, 1.165) is 6.08 Å². The van der Waals surface area contributed by atoms with Gasteiger partial charge in [-0.2, -0.15) is 0 Å². The average molecular weight is 171 g/mol. The lowest BCUT2D eigenvalue weighted by Gasteiger charge is -1.92. The fourth-order valence-electron chi connectivity index (χ4n) is 0.101. The third kappa shape index (κ3) is 11.2. The van der Waals surface area contributed by atoms with Crippen molar-refractivity contribution in [1.29, 1.82) is 0 Å². The highest BCUT2D eigenvalue weighted by Gasteiger charge is 2.02. The summed E-state index contributed by atoms with van der Waals surface area (Å²) in [7, 11) is 0. The van der Waals surface area contributed by atoms with Crippen LogP contribution in [0.4, 0.5) is 0 Å². The Labute approximate surface area is 71.4 Å². The predicted molar refractivity (Wildman–Crippen MR) is 46.4 cm³/mol. The molecule has 3 N–H and O–H groups in total. The minimum absolute atomic E-state index is 0.417. The molecule has 0 spiro atoms. The highest BCUT2D eigenvalue weighted by molar-refractivity contribution is 5.84. The maximum absolute atomic E-state index is 9.86. The number of carbonyl (C=O) groups is 2. The monoisotopic (exact) mass is 171 g/mol. The molecule has 0 aliphatic rings. The van der Waals surface area contributed by atoms with Gasteiger partial charge in [-0.15, -0.1) is 6.58 Å². The smallest absolute Gasteiger partial charge is 0.310 e. The molecule has 0 saturated heterocycles. The molecule has 4 nitrogen and oxygen atoms in total. The molecule has 0 aliphatic heterocycles. The van der Waals surface area contributed by atoms with Gasteiger partial charge in [0.15, 0.2) is 0 Å². The SMILES string of the molecule is C=CC(C)C(=O)O.C=CC(N)=O. The molecule has 0 heterocycles. The maximum atomic E-state index is 9.86. The second kappa shape index (κ2) is 7.53. The molecule has 12 heavy (non-hydrogen) atoms. The first-order chi connectivity index (χ1) is 5.45. The van der Waals surface area contributed by atoms with E-state index in [0.29, 0.717) is 0 Å². The lowest BCUT2D eigenvalue weighted by atomic mass is 10.2. The molecular formula is C8H13NO3. The van der Waals surface area contributed by atoms with E-state index < -0.39 is 17.8 Å². The fraction of sp³-hybridized carbons (Fsp3) is 0.250. The van der Waals surface area contributed by atoms with Gasteiger partial charge in [-0.05, 0) is 13.0 Å². The van der Waals surface area contributed by atoms with Crippen molar-refractivity contribution in [3.63, 3.8) is 0 Å². The number of nitrogens with two attached hydrogens (primary N) is 1. The summed E-state index contributed by atoms with van der Waals surface area (Å²) in [5.74, 6) is -1.72. The van der Waals surface area contributed by atoms with Crippen LogP contribution in [-0.4, -0.2) is 17.0 Å². The summed E-state index contributed by atoms with van der Waals surface area (Å²) in [6.07, 6.45) is 2.45. The molecule has 4 heteroatoms. The van der Waals surface area contributed by atoms with Crippen molar-refractivity contribution in [3.8, 4) is 0 Å². The van der Waals surface area contributed by atoms with Crippen LogP contribution in [0.1, 0.15) is 6.92 Å². The quantitative estimate of drug-likeness (QED) is 0.480. The first-order valence-electron chi connectivity index (χ1n) is 3.23. The van der Waals surface area contributed by atoms with Crippen LogP contribution in [-0.2, 0) is 9.59 Å². The van der Waals surface area contributed by atoms with Crippen LogP contribution in [0, 0.1) is 5.92 Å². The first kappa shape index (κ1) is 13.0. The Kier molecular flexibility index (Phi) is 8.18. The zero-order chi connectivity index (χ0) is 10.1. The van der Waals surface area contributed by atoms with Crippen LogP contribution >= 0.6 is 0 Å². The van der Waals surface area contributed by atoms with Crippen LogP contribution in [0.5, 0.6) is 0 Å². The van der Waals surface area contributed by atoms with Crippen molar-refractivity contribution in [2.24, 2.45) is 11.7 Å². The molecule has 0 aliphatic carbocycles. The average Bonchev–Trinajstić information content (AvgIpc) is 2.04. The van der Waals surface area contributed by atoms with E-state index in [-0.39, 0.29) is 0 Å². The van der Waals surface area contributed by atoms with Crippen LogP contribution in [0.2, 0.25) is 0 Å². The molecule has 0 fully saturated rings. The highest BCUT2D eigenvalue weighted by Crippen LogP contribution is 1.92. The van der Waals surface area contributed by atoms with Crippen LogP contribution in [0.15, 0.2) is 25.3 Å². The molecule has 0 rings (SSSR count). The van der Waals surface area contributed by atoms with E-state index in [2.05, 4.69) is 18.9 Å². The number of carbonyl (C=O) groups excluding carboxylic acids is 1. The van der Waals surface area contributed by atoms with Gasteiger partial charge >= 0.3 is 5.97 Å². The number of carboxylic acid groups (broad SMARTS) is 1. The van der Waals surface area contributed by atoms with Crippen molar-refractivity contribution >= 4 is 11.9 Å². The molecule has 0 radical (unpaired) electrons. The Bertz CT molecular complexity index is 187.